The Morgan fingerprint density at radius 2 is 1.12 bits per heavy atom. The Morgan fingerprint density at radius 3 is 1.98 bits per heavy atom. The minimum Gasteiger partial charge on any atom is -0.455 e. The van der Waals surface area contributed by atoms with Crippen LogP contribution in [0.1, 0.15) is 0 Å². The number of thiophene rings is 1. The summed E-state index contributed by atoms with van der Waals surface area (Å²) >= 11 is 1.83. The van der Waals surface area contributed by atoms with Crippen LogP contribution in [0.5, 0.6) is 0 Å². The number of benzene rings is 6. The second-order valence-corrected chi connectivity index (χ2v) is 13.5. The minimum atomic E-state index is 0.669. The molecule has 0 saturated heterocycles. The smallest absolute Gasteiger partial charge is 0.160 e. The molecular weight excluding hydrogens is 631 g/mol. The van der Waals surface area contributed by atoms with Crippen LogP contribution in [0.25, 0.3) is 98.3 Å². The van der Waals surface area contributed by atoms with E-state index in [2.05, 4.69) is 114 Å². The predicted molar refractivity (Wildman–Crippen MR) is 207 cm³/mol. The first-order chi connectivity index (χ1) is 24.8. The average molecular weight is 658 g/mol. The number of furan rings is 1. The molecule has 0 radical (unpaired) electrons. The fourth-order valence-electron chi connectivity index (χ4n) is 7.09. The van der Waals surface area contributed by atoms with Crippen LogP contribution < -0.4 is 0 Å². The Labute approximate surface area is 292 Å². The van der Waals surface area contributed by atoms with Crippen molar-refractivity contribution in [2.75, 3.05) is 0 Å². The fourth-order valence-corrected chi connectivity index (χ4v) is 8.24. The summed E-state index contributed by atoms with van der Waals surface area (Å²) in [5.41, 5.74) is 10.7. The van der Waals surface area contributed by atoms with Crippen LogP contribution in [0.3, 0.4) is 0 Å². The van der Waals surface area contributed by atoms with Crippen molar-refractivity contribution in [2.24, 2.45) is 0 Å². The molecule has 0 fully saturated rings. The van der Waals surface area contributed by atoms with Crippen molar-refractivity contribution in [2.45, 2.75) is 0 Å². The first-order valence-electron chi connectivity index (χ1n) is 16.6. The Balaban J connectivity index is 1.22. The van der Waals surface area contributed by atoms with Crippen molar-refractivity contribution in [1.82, 2.24) is 15.0 Å². The summed E-state index contributed by atoms with van der Waals surface area (Å²) in [4.78, 5) is 14.7. The van der Waals surface area contributed by atoms with Crippen molar-refractivity contribution in [3.63, 3.8) is 0 Å². The zero-order valence-corrected chi connectivity index (χ0v) is 27.6. The molecule has 4 nitrogen and oxygen atoms in total. The van der Waals surface area contributed by atoms with Crippen LogP contribution in [0.15, 0.2) is 168 Å². The Morgan fingerprint density at radius 1 is 0.440 bits per heavy atom. The molecule has 50 heavy (non-hydrogen) atoms. The Kier molecular flexibility index (Phi) is 6.64. The quantitative estimate of drug-likeness (QED) is 0.185. The Hall–Kier alpha value is -6.43. The average Bonchev–Trinajstić information content (AvgIpc) is 3.77. The van der Waals surface area contributed by atoms with Gasteiger partial charge in [-0.3, -0.25) is 4.98 Å². The predicted octanol–water partition coefficient (Wildman–Crippen LogP) is 12.5. The summed E-state index contributed by atoms with van der Waals surface area (Å²) in [6.45, 7) is 0. The summed E-state index contributed by atoms with van der Waals surface area (Å²) in [5.74, 6) is 0.669. The van der Waals surface area contributed by atoms with Gasteiger partial charge in [0.2, 0.25) is 0 Å². The van der Waals surface area contributed by atoms with E-state index in [0.717, 1.165) is 72.3 Å². The van der Waals surface area contributed by atoms with E-state index in [0.29, 0.717) is 5.82 Å². The summed E-state index contributed by atoms with van der Waals surface area (Å²) < 4.78 is 9.29. The molecule has 0 bridgehead atoms. The molecule has 4 aromatic heterocycles. The highest BCUT2D eigenvalue weighted by Gasteiger charge is 2.21. The van der Waals surface area contributed by atoms with Gasteiger partial charge in [-0.2, -0.15) is 0 Å². The third kappa shape index (κ3) is 4.71. The van der Waals surface area contributed by atoms with Crippen molar-refractivity contribution >= 4 is 53.4 Å². The minimum absolute atomic E-state index is 0.669. The lowest BCUT2D eigenvalue weighted by Gasteiger charge is -2.14. The van der Waals surface area contributed by atoms with Gasteiger partial charge in [0.05, 0.1) is 11.4 Å². The molecule has 0 N–H and O–H groups in total. The molecule has 0 aliphatic rings. The number of para-hydroxylation sites is 1. The number of hydrogen-bond acceptors (Lipinski definition) is 5. The normalized spacial score (nSPS) is 11.6. The van der Waals surface area contributed by atoms with E-state index in [1.54, 1.807) is 0 Å². The zero-order valence-electron chi connectivity index (χ0n) is 26.7. The topological polar surface area (TPSA) is 51.8 Å². The zero-order chi connectivity index (χ0) is 33.0. The number of nitrogens with zero attached hydrogens (tertiary/aromatic N) is 3. The summed E-state index contributed by atoms with van der Waals surface area (Å²) in [6.07, 6.45) is 3.65. The van der Waals surface area contributed by atoms with E-state index >= 15 is 0 Å². The molecular formula is C45H27N3OS. The molecule has 0 spiro atoms. The van der Waals surface area contributed by atoms with Gasteiger partial charge >= 0.3 is 0 Å². The van der Waals surface area contributed by atoms with Crippen molar-refractivity contribution in [1.29, 1.82) is 0 Å². The van der Waals surface area contributed by atoms with Gasteiger partial charge in [-0.25, -0.2) is 9.97 Å². The number of pyridine rings is 1. The van der Waals surface area contributed by atoms with Crippen LogP contribution >= 0.6 is 11.3 Å². The summed E-state index contributed by atoms with van der Waals surface area (Å²) in [6, 6.07) is 52.8. The molecule has 234 valence electrons. The molecule has 0 atom stereocenters. The second-order valence-electron chi connectivity index (χ2n) is 12.4. The molecule has 10 rings (SSSR count). The third-order valence-electron chi connectivity index (χ3n) is 9.44. The van der Waals surface area contributed by atoms with Crippen LogP contribution in [0.4, 0.5) is 0 Å². The van der Waals surface area contributed by atoms with Crippen LogP contribution in [-0.4, -0.2) is 15.0 Å². The van der Waals surface area contributed by atoms with Gasteiger partial charge < -0.3 is 4.42 Å². The van der Waals surface area contributed by atoms with E-state index in [4.69, 9.17) is 14.4 Å². The van der Waals surface area contributed by atoms with Gasteiger partial charge in [0, 0.05) is 65.6 Å². The lowest BCUT2D eigenvalue weighted by Crippen LogP contribution is -1.97. The highest BCUT2D eigenvalue weighted by Crippen LogP contribution is 2.44. The number of fused-ring (bicyclic) bond motifs is 6. The van der Waals surface area contributed by atoms with Gasteiger partial charge in [0.1, 0.15) is 11.2 Å². The number of hydrogen-bond donors (Lipinski definition) is 0. The lowest BCUT2D eigenvalue weighted by molar-refractivity contribution is 0.670. The largest absolute Gasteiger partial charge is 0.455 e. The van der Waals surface area contributed by atoms with Crippen LogP contribution in [0.2, 0.25) is 0 Å². The van der Waals surface area contributed by atoms with E-state index in [1.807, 2.05) is 66.2 Å². The van der Waals surface area contributed by atoms with Crippen molar-refractivity contribution < 1.29 is 4.42 Å². The molecule has 10 aromatic rings. The highest BCUT2D eigenvalue weighted by molar-refractivity contribution is 7.25. The van der Waals surface area contributed by atoms with Crippen LogP contribution in [-0.2, 0) is 0 Å². The molecule has 0 aliphatic carbocycles. The van der Waals surface area contributed by atoms with Gasteiger partial charge in [-0.1, -0.05) is 109 Å². The maximum absolute atomic E-state index is 6.73. The maximum Gasteiger partial charge on any atom is 0.160 e. The monoisotopic (exact) mass is 657 g/mol. The molecule has 6 aromatic carbocycles. The second kappa shape index (κ2) is 11.6. The fraction of sp³-hybridized carbons (Fsp3) is 0. The first-order valence-corrected chi connectivity index (χ1v) is 17.4. The Bertz CT molecular complexity index is 2870. The number of aromatic nitrogens is 3. The molecule has 4 heterocycles. The first kappa shape index (κ1) is 28.6. The molecule has 0 amide bonds. The van der Waals surface area contributed by atoms with E-state index < -0.39 is 0 Å². The van der Waals surface area contributed by atoms with Gasteiger partial charge in [0.25, 0.3) is 0 Å². The molecule has 5 heteroatoms. The summed E-state index contributed by atoms with van der Waals surface area (Å²) in [5, 5.41) is 4.67. The molecule has 0 unspecified atom stereocenters. The van der Waals surface area contributed by atoms with E-state index in [-0.39, 0.29) is 0 Å². The SMILES string of the molecule is c1ccc(-c2nc(-c3ccccc3-c3ccncc3)cc(-c3ccc(-c4ccc5c(c4)sc4ccccc45)c4oc5ccccc5c34)n2)cc1. The van der Waals surface area contributed by atoms with Gasteiger partial charge in [-0.05, 0) is 59.2 Å². The van der Waals surface area contributed by atoms with Crippen molar-refractivity contribution in [3.8, 4) is 56.2 Å². The highest BCUT2D eigenvalue weighted by atomic mass is 32.1. The molecule has 0 saturated carbocycles. The number of rotatable bonds is 5. The summed E-state index contributed by atoms with van der Waals surface area (Å²) in [7, 11) is 0. The molecule has 0 aliphatic heterocycles. The third-order valence-corrected chi connectivity index (χ3v) is 10.6. The lowest BCUT2D eigenvalue weighted by atomic mass is 9.94. The van der Waals surface area contributed by atoms with Gasteiger partial charge in [0.15, 0.2) is 5.82 Å². The standard InChI is InChI=1S/C45H27N3OS/c1-2-10-29(11-3-1)45-47-38(33-13-5-4-12-31(33)28-22-24-46-25-23-28)27-39(48-45)36-21-20-32(44-43(36)37-15-6-8-16-40(37)49-44)30-18-19-35-34-14-7-9-17-41(34)50-42(35)26-30/h1-27H. The van der Waals surface area contributed by atoms with Gasteiger partial charge in [-0.15, -0.1) is 11.3 Å². The van der Waals surface area contributed by atoms with E-state index in [1.165, 1.54) is 20.2 Å². The van der Waals surface area contributed by atoms with E-state index in [9.17, 15) is 0 Å². The van der Waals surface area contributed by atoms with Crippen molar-refractivity contribution in [3.05, 3.63) is 164 Å². The maximum atomic E-state index is 6.73. The van der Waals surface area contributed by atoms with Crippen LogP contribution in [0, 0.1) is 0 Å².